The summed E-state index contributed by atoms with van der Waals surface area (Å²) in [7, 11) is 6.17. The highest BCUT2D eigenvalue weighted by atomic mass is 16.5. The van der Waals surface area contributed by atoms with Gasteiger partial charge >= 0.3 is 29.8 Å². The van der Waals surface area contributed by atoms with Crippen LogP contribution in [0.4, 0.5) is 0 Å². The van der Waals surface area contributed by atoms with Gasteiger partial charge in [0.05, 0.1) is 66.1 Å². The molecule has 0 N–H and O–H groups in total. The molecular weight excluding hydrogens is 364 g/mol. The summed E-state index contributed by atoms with van der Waals surface area (Å²) in [4.78, 5) is 55.1. The van der Waals surface area contributed by atoms with Gasteiger partial charge in [0.25, 0.3) is 0 Å². The Bertz CT molecular complexity index is 508. The van der Waals surface area contributed by atoms with Crippen LogP contribution in [0.2, 0.25) is 0 Å². The average molecular weight is 392 g/mol. The van der Waals surface area contributed by atoms with Gasteiger partial charge < -0.3 is 23.7 Å². The van der Waals surface area contributed by atoms with Crippen molar-refractivity contribution in [3.63, 3.8) is 0 Å². The van der Waals surface area contributed by atoms with E-state index in [1.165, 1.54) is 42.5 Å². The van der Waals surface area contributed by atoms with E-state index < -0.39 is 41.2 Å². The first-order valence-electron chi connectivity index (χ1n) is 7.87. The van der Waals surface area contributed by atoms with Crippen molar-refractivity contribution in [2.24, 2.45) is 11.3 Å². The fourth-order valence-corrected chi connectivity index (χ4v) is 1.85. The van der Waals surface area contributed by atoms with Crippen molar-refractivity contribution in [1.29, 1.82) is 0 Å². The van der Waals surface area contributed by atoms with Crippen LogP contribution in [-0.4, -0.2) is 65.4 Å². The molecule has 0 aromatic carbocycles. The molecule has 0 heterocycles. The normalized spacial score (nSPS) is 11.1. The summed E-state index contributed by atoms with van der Waals surface area (Å²) in [5, 5.41) is 0. The van der Waals surface area contributed by atoms with E-state index >= 15 is 0 Å². The van der Waals surface area contributed by atoms with Crippen LogP contribution < -0.4 is 0 Å². The van der Waals surface area contributed by atoms with Crippen LogP contribution in [0.1, 0.15) is 33.1 Å². The van der Waals surface area contributed by atoms with Crippen LogP contribution in [0, 0.1) is 11.3 Å². The van der Waals surface area contributed by atoms with E-state index in [4.69, 9.17) is 0 Å². The lowest BCUT2D eigenvalue weighted by Gasteiger charge is -2.23. The molecule has 10 heteroatoms. The number of carbonyl (C=O) groups excluding carboxylic acids is 5. The first-order valence-corrected chi connectivity index (χ1v) is 7.87. The van der Waals surface area contributed by atoms with Gasteiger partial charge in [0, 0.05) is 0 Å². The summed E-state index contributed by atoms with van der Waals surface area (Å²) in [5.41, 5.74) is -1.26. The molecule has 0 spiro atoms. The highest BCUT2D eigenvalue weighted by Gasteiger charge is 2.39. The molecule has 1 unspecified atom stereocenters. The molecule has 10 nitrogen and oxygen atoms in total. The molecule has 0 aliphatic rings. The maximum atomic E-state index is 11.5. The molecule has 0 aliphatic carbocycles. The standard InChI is InChI=1S/C10H16O6.C7H12O4/c1-10(9(13)16-4,5-7(11)14-2)6-8(12)15-3;1-5(7(9)11-3)4-6(8)10-2/h5-6H2,1-4H3;5H,4H2,1-3H3. The molecule has 156 valence electrons. The molecule has 0 saturated heterocycles. The van der Waals surface area contributed by atoms with Crippen LogP contribution in [0.25, 0.3) is 0 Å². The minimum atomic E-state index is -1.26. The topological polar surface area (TPSA) is 132 Å². The first kappa shape index (κ1) is 26.6. The number of methoxy groups -OCH3 is 5. The molecule has 1 atom stereocenters. The molecular formula is C17H28O10. The predicted molar refractivity (Wildman–Crippen MR) is 91.2 cm³/mol. The van der Waals surface area contributed by atoms with Crippen molar-refractivity contribution >= 4 is 29.8 Å². The fourth-order valence-electron chi connectivity index (χ4n) is 1.85. The summed E-state index contributed by atoms with van der Waals surface area (Å²) in [6.07, 6.45) is -0.389. The third kappa shape index (κ3) is 10.8. The summed E-state index contributed by atoms with van der Waals surface area (Å²) in [6.45, 7) is 3.06. The number of esters is 5. The number of rotatable bonds is 8. The molecule has 0 aliphatic heterocycles. The van der Waals surface area contributed by atoms with Crippen LogP contribution in [-0.2, 0) is 47.7 Å². The van der Waals surface area contributed by atoms with Gasteiger partial charge in [-0.05, 0) is 6.92 Å². The lowest BCUT2D eigenvalue weighted by Crippen LogP contribution is -2.34. The molecule has 0 saturated carbocycles. The minimum Gasteiger partial charge on any atom is -0.469 e. The molecule has 0 amide bonds. The number of ether oxygens (including phenoxy) is 5. The quantitative estimate of drug-likeness (QED) is 0.428. The molecule has 0 aromatic heterocycles. The Kier molecular flexibility index (Phi) is 13.3. The molecule has 0 rings (SSSR count). The number of hydrogen-bond donors (Lipinski definition) is 0. The highest BCUT2D eigenvalue weighted by molar-refractivity contribution is 5.87. The summed E-state index contributed by atoms with van der Waals surface area (Å²) in [6, 6.07) is 0. The lowest BCUT2D eigenvalue weighted by atomic mass is 9.83. The van der Waals surface area contributed by atoms with Crippen LogP contribution in [0.3, 0.4) is 0 Å². The zero-order chi connectivity index (χ0) is 21.6. The molecule has 27 heavy (non-hydrogen) atoms. The van der Waals surface area contributed by atoms with Gasteiger partial charge in [-0.3, -0.25) is 24.0 Å². The minimum absolute atomic E-state index is 0.0726. The molecule has 0 fully saturated rings. The Balaban J connectivity index is 0. The lowest BCUT2D eigenvalue weighted by molar-refractivity contribution is -0.163. The van der Waals surface area contributed by atoms with Gasteiger partial charge in [0.2, 0.25) is 0 Å². The smallest absolute Gasteiger partial charge is 0.312 e. The van der Waals surface area contributed by atoms with Gasteiger partial charge in [-0.25, -0.2) is 0 Å². The SMILES string of the molecule is COC(=O)CC(C)(CC(=O)OC)C(=O)OC.COC(=O)CC(C)C(=O)OC. The van der Waals surface area contributed by atoms with Crippen LogP contribution in [0.15, 0.2) is 0 Å². The van der Waals surface area contributed by atoms with E-state index in [9.17, 15) is 24.0 Å². The van der Waals surface area contributed by atoms with Gasteiger partial charge in [0.15, 0.2) is 0 Å². The van der Waals surface area contributed by atoms with Crippen molar-refractivity contribution in [3.8, 4) is 0 Å². The Morgan fingerprint density at radius 2 is 1.11 bits per heavy atom. The summed E-state index contributed by atoms with van der Waals surface area (Å²) in [5.74, 6) is -3.04. The van der Waals surface area contributed by atoms with E-state index in [-0.39, 0.29) is 19.3 Å². The third-order valence-corrected chi connectivity index (χ3v) is 3.51. The molecule has 0 bridgehead atoms. The van der Waals surface area contributed by atoms with Gasteiger partial charge in [-0.15, -0.1) is 0 Å². The Hall–Kier alpha value is -2.65. The third-order valence-electron chi connectivity index (χ3n) is 3.51. The second kappa shape index (κ2) is 13.5. The van der Waals surface area contributed by atoms with Crippen molar-refractivity contribution < 1.29 is 47.7 Å². The molecule has 0 radical (unpaired) electrons. The van der Waals surface area contributed by atoms with Crippen molar-refractivity contribution in [2.75, 3.05) is 35.5 Å². The maximum Gasteiger partial charge on any atom is 0.312 e. The zero-order valence-corrected chi connectivity index (χ0v) is 16.8. The summed E-state index contributed by atoms with van der Waals surface area (Å²) >= 11 is 0. The van der Waals surface area contributed by atoms with Crippen LogP contribution >= 0.6 is 0 Å². The Morgan fingerprint density at radius 1 is 0.704 bits per heavy atom. The number of hydrogen-bond acceptors (Lipinski definition) is 10. The second-order valence-electron chi connectivity index (χ2n) is 5.76. The average Bonchev–Trinajstić information content (AvgIpc) is 2.66. The van der Waals surface area contributed by atoms with Crippen LogP contribution in [0.5, 0.6) is 0 Å². The van der Waals surface area contributed by atoms with Gasteiger partial charge in [0.1, 0.15) is 0 Å². The Morgan fingerprint density at radius 3 is 1.41 bits per heavy atom. The molecule has 0 aromatic rings. The van der Waals surface area contributed by atoms with E-state index in [1.807, 2.05) is 0 Å². The monoisotopic (exact) mass is 392 g/mol. The van der Waals surface area contributed by atoms with Gasteiger partial charge in [-0.1, -0.05) is 6.92 Å². The first-order chi connectivity index (χ1) is 12.5. The number of carbonyl (C=O) groups is 5. The van der Waals surface area contributed by atoms with Crippen molar-refractivity contribution in [2.45, 2.75) is 33.1 Å². The Labute approximate surface area is 158 Å². The predicted octanol–water partition coefficient (Wildman–Crippen LogP) is 0.651. The fraction of sp³-hybridized carbons (Fsp3) is 0.706. The van der Waals surface area contributed by atoms with E-state index in [0.29, 0.717) is 0 Å². The van der Waals surface area contributed by atoms with Gasteiger partial charge in [-0.2, -0.15) is 0 Å². The van der Waals surface area contributed by atoms with E-state index in [2.05, 4.69) is 23.7 Å². The van der Waals surface area contributed by atoms with Crippen molar-refractivity contribution in [3.05, 3.63) is 0 Å². The van der Waals surface area contributed by atoms with E-state index in [1.54, 1.807) is 6.92 Å². The van der Waals surface area contributed by atoms with E-state index in [0.717, 1.165) is 0 Å². The van der Waals surface area contributed by atoms with Crippen molar-refractivity contribution in [1.82, 2.24) is 0 Å². The second-order valence-corrected chi connectivity index (χ2v) is 5.76. The summed E-state index contributed by atoms with van der Waals surface area (Å²) < 4.78 is 22.2. The largest absolute Gasteiger partial charge is 0.469 e. The maximum absolute atomic E-state index is 11.5. The zero-order valence-electron chi connectivity index (χ0n) is 16.8. The highest BCUT2D eigenvalue weighted by Crippen LogP contribution is 2.28.